The molecular formula is C28H27FN2O4. The van der Waals surface area contributed by atoms with Crippen molar-refractivity contribution in [2.45, 2.75) is 44.7 Å². The number of rotatable bonds is 9. The SMILES string of the molecule is Cc1ccc(C(=O)c2cccn2C/C=C/c2cccc(CC(=O)NC3(C(=O)O)CCC3)c2F)cc1. The van der Waals surface area contributed by atoms with Crippen LogP contribution in [0.15, 0.2) is 66.9 Å². The first kappa shape index (κ1) is 24.1. The molecule has 4 rings (SSSR count). The van der Waals surface area contributed by atoms with E-state index in [1.54, 1.807) is 59.3 Å². The number of carbonyl (C=O) groups is 3. The molecule has 0 radical (unpaired) electrons. The molecule has 180 valence electrons. The molecule has 2 aromatic carbocycles. The van der Waals surface area contributed by atoms with Crippen LogP contribution in [0.4, 0.5) is 4.39 Å². The van der Waals surface area contributed by atoms with Gasteiger partial charge in [-0.1, -0.05) is 60.2 Å². The highest BCUT2D eigenvalue weighted by molar-refractivity contribution is 6.08. The Kier molecular flexibility index (Phi) is 6.96. The summed E-state index contributed by atoms with van der Waals surface area (Å²) < 4.78 is 16.8. The first-order valence-electron chi connectivity index (χ1n) is 11.5. The van der Waals surface area contributed by atoms with E-state index >= 15 is 4.39 Å². The molecule has 0 saturated heterocycles. The number of aryl methyl sites for hydroxylation is 1. The Hall–Kier alpha value is -4.00. The van der Waals surface area contributed by atoms with Crippen molar-refractivity contribution in [3.05, 3.63) is 101 Å². The molecule has 35 heavy (non-hydrogen) atoms. The van der Waals surface area contributed by atoms with Gasteiger partial charge < -0.3 is 15.0 Å². The summed E-state index contributed by atoms with van der Waals surface area (Å²) in [5.74, 6) is -2.19. The summed E-state index contributed by atoms with van der Waals surface area (Å²) in [5.41, 5.74) is 1.49. The fourth-order valence-electron chi connectivity index (χ4n) is 4.20. The van der Waals surface area contributed by atoms with Crippen LogP contribution < -0.4 is 5.32 Å². The Bertz CT molecular complexity index is 1290. The minimum atomic E-state index is -1.23. The second-order valence-electron chi connectivity index (χ2n) is 8.93. The second-order valence-corrected chi connectivity index (χ2v) is 8.93. The van der Waals surface area contributed by atoms with Gasteiger partial charge in [0, 0.05) is 23.9 Å². The molecule has 6 nitrogen and oxygen atoms in total. The molecule has 3 aromatic rings. The summed E-state index contributed by atoms with van der Waals surface area (Å²) in [6.07, 6.45) is 6.42. The molecule has 2 N–H and O–H groups in total. The topological polar surface area (TPSA) is 88.4 Å². The molecule has 0 unspecified atom stereocenters. The van der Waals surface area contributed by atoms with Crippen LogP contribution in [0.25, 0.3) is 6.08 Å². The van der Waals surface area contributed by atoms with Crippen molar-refractivity contribution in [2.75, 3.05) is 0 Å². The highest BCUT2D eigenvalue weighted by atomic mass is 19.1. The first-order chi connectivity index (χ1) is 16.8. The van der Waals surface area contributed by atoms with Crippen molar-refractivity contribution < 1.29 is 23.9 Å². The number of allylic oxidation sites excluding steroid dienone is 1. The van der Waals surface area contributed by atoms with Gasteiger partial charge in [0.25, 0.3) is 0 Å². The monoisotopic (exact) mass is 474 g/mol. The lowest BCUT2D eigenvalue weighted by Crippen LogP contribution is -2.59. The van der Waals surface area contributed by atoms with Crippen LogP contribution in [0.1, 0.15) is 52.0 Å². The van der Waals surface area contributed by atoms with Crippen LogP contribution in [0, 0.1) is 12.7 Å². The van der Waals surface area contributed by atoms with Crippen LogP contribution in [0.3, 0.4) is 0 Å². The Morgan fingerprint density at radius 3 is 2.49 bits per heavy atom. The zero-order valence-corrected chi connectivity index (χ0v) is 19.5. The lowest BCUT2D eigenvalue weighted by atomic mass is 9.76. The van der Waals surface area contributed by atoms with Gasteiger partial charge in [-0.05, 0) is 43.9 Å². The molecular weight excluding hydrogens is 447 g/mol. The number of nitrogens with one attached hydrogen (secondary N) is 1. The third-order valence-corrected chi connectivity index (χ3v) is 6.43. The van der Waals surface area contributed by atoms with Crippen LogP contribution in [0.5, 0.6) is 0 Å². The highest BCUT2D eigenvalue weighted by Crippen LogP contribution is 2.32. The summed E-state index contributed by atoms with van der Waals surface area (Å²) in [6, 6.07) is 15.7. The van der Waals surface area contributed by atoms with Gasteiger partial charge in [0.2, 0.25) is 11.7 Å². The number of ketones is 1. The number of hydrogen-bond donors (Lipinski definition) is 2. The number of nitrogens with zero attached hydrogens (tertiary/aromatic N) is 1. The maximum absolute atomic E-state index is 15.0. The summed E-state index contributed by atoms with van der Waals surface area (Å²) in [7, 11) is 0. The van der Waals surface area contributed by atoms with Crippen molar-refractivity contribution in [3.8, 4) is 0 Å². The third kappa shape index (κ3) is 5.24. The van der Waals surface area contributed by atoms with Gasteiger partial charge >= 0.3 is 5.97 Å². The van der Waals surface area contributed by atoms with Crippen LogP contribution >= 0.6 is 0 Å². The van der Waals surface area contributed by atoms with Crippen LogP contribution in [-0.4, -0.2) is 32.9 Å². The molecule has 1 fully saturated rings. The van der Waals surface area contributed by atoms with E-state index in [2.05, 4.69) is 5.32 Å². The zero-order chi connectivity index (χ0) is 25.0. The van der Waals surface area contributed by atoms with Gasteiger partial charge in [0.15, 0.2) is 0 Å². The van der Waals surface area contributed by atoms with E-state index in [4.69, 9.17) is 0 Å². The summed E-state index contributed by atoms with van der Waals surface area (Å²) in [5, 5.41) is 11.9. The van der Waals surface area contributed by atoms with Gasteiger partial charge in [-0.25, -0.2) is 9.18 Å². The predicted octanol–water partition coefficient (Wildman–Crippen LogP) is 4.55. The first-order valence-corrected chi connectivity index (χ1v) is 11.5. The number of aliphatic carboxylic acids is 1. The van der Waals surface area contributed by atoms with E-state index in [1.165, 1.54) is 6.07 Å². The highest BCUT2D eigenvalue weighted by Gasteiger charge is 2.45. The van der Waals surface area contributed by atoms with E-state index in [0.717, 1.165) is 12.0 Å². The summed E-state index contributed by atoms with van der Waals surface area (Å²) in [4.78, 5) is 36.7. The minimum absolute atomic E-state index is 0.0896. The lowest BCUT2D eigenvalue weighted by Gasteiger charge is -2.38. The average molecular weight is 475 g/mol. The van der Waals surface area contributed by atoms with Gasteiger partial charge in [0.05, 0.1) is 12.1 Å². The maximum Gasteiger partial charge on any atom is 0.329 e. The molecule has 1 amide bonds. The molecule has 1 saturated carbocycles. The number of benzene rings is 2. The Morgan fingerprint density at radius 1 is 1.09 bits per heavy atom. The van der Waals surface area contributed by atoms with Crippen molar-refractivity contribution >= 4 is 23.7 Å². The quantitative estimate of drug-likeness (QED) is 0.446. The fourth-order valence-corrected chi connectivity index (χ4v) is 4.20. The van der Waals surface area contributed by atoms with Gasteiger partial charge in [-0.2, -0.15) is 0 Å². The maximum atomic E-state index is 15.0. The van der Waals surface area contributed by atoms with E-state index in [1.807, 2.05) is 19.1 Å². The minimum Gasteiger partial charge on any atom is -0.480 e. The van der Waals surface area contributed by atoms with E-state index in [-0.39, 0.29) is 17.8 Å². The number of carboxylic acid groups (broad SMARTS) is 1. The smallest absolute Gasteiger partial charge is 0.329 e. The summed E-state index contributed by atoms with van der Waals surface area (Å²) in [6.45, 7) is 2.33. The predicted molar refractivity (Wildman–Crippen MR) is 131 cm³/mol. The largest absolute Gasteiger partial charge is 0.480 e. The number of aromatic nitrogens is 1. The third-order valence-electron chi connectivity index (χ3n) is 6.43. The van der Waals surface area contributed by atoms with Crippen molar-refractivity contribution in [3.63, 3.8) is 0 Å². The molecule has 1 aliphatic rings. The zero-order valence-electron chi connectivity index (χ0n) is 19.5. The normalized spacial score (nSPS) is 14.5. The number of hydrogen-bond acceptors (Lipinski definition) is 3. The van der Waals surface area contributed by atoms with Crippen LogP contribution in [-0.2, 0) is 22.6 Å². The standard InChI is InChI=1S/C28H27FN2O4/c1-19-10-12-21(13-11-19)26(33)23-9-4-17-31(23)16-3-8-20-6-2-7-22(25(20)29)18-24(32)30-28(27(34)35)14-5-15-28/h2-4,6-13,17H,5,14-16,18H2,1H3,(H,30,32)(H,34,35)/b8-3+. The molecule has 7 heteroatoms. The van der Waals surface area contributed by atoms with Crippen molar-refractivity contribution in [1.82, 2.24) is 9.88 Å². The fraction of sp³-hybridized carbons (Fsp3) is 0.250. The molecule has 1 aliphatic carbocycles. The van der Waals surface area contributed by atoms with Crippen molar-refractivity contribution in [2.24, 2.45) is 0 Å². The van der Waals surface area contributed by atoms with E-state index in [0.29, 0.717) is 36.2 Å². The van der Waals surface area contributed by atoms with Gasteiger partial charge in [0.1, 0.15) is 11.4 Å². The second kappa shape index (κ2) is 10.1. The van der Waals surface area contributed by atoms with E-state index < -0.39 is 23.2 Å². The molecule has 0 spiro atoms. The molecule has 1 heterocycles. The number of halogens is 1. The average Bonchev–Trinajstić information content (AvgIpc) is 3.27. The lowest BCUT2D eigenvalue weighted by molar-refractivity contribution is -0.151. The molecule has 0 bridgehead atoms. The number of amides is 1. The van der Waals surface area contributed by atoms with Gasteiger partial charge in [-0.15, -0.1) is 0 Å². The van der Waals surface area contributed by atoms with Gasteiger partial charge in [-0.3, -0.25) is 9.59 Å². The van der Waals surface area contributed by atoms with Crippen LogP contribution in [0.2, 0.25) is 0 Å². The van der Waals surface area contributed by atoms with E-state index in [9.17, 15) is 19.5 Å². The Balaban J connectivity index is 1.43. The van der Waals surface area contributed by atoms with Crippen molar-refractivity contribution in [1.29, 1.82) is 0 Å². The molecule has 0 aliphatic heterocycles. The summed E-state index contributed by atoms with van der Waals surface area (Å²) >= 11 is 0. The number of carbonyl (C=O) groups excluding carboxylic acids is 2. The Labute approximate surface area is 203 Å². The number of carboxylic acids is 1. The molecule has 0 atom stereocenters. The molecule has 1 aromatic heterocycles. The Morgan fingerprint density at radius 2 is 1.83 bits per heavy atom.